The molecule has 1 amide bonds. The van der Waals surface area contributed by atoms with Gasteiger partial charge in [-0.2, -0.15) is 0 Å². The molecule has 2 aliphatic heterocycles. The van der Waals surface area contributed by atoms with Crippen LogP contribution in [0.3, 0.4) is 0 Å². The third-order valence-electron chi connectivity index (χ3n) is 6.95. The fourth-order valence-corrected chi connectivity index (χ4v) is 5.09. The molecule has 27 heavy (non-hydrogen) atoms. The molecular weight excluding hydrogens is 334 g/mol. The highest BCUT2D eigenvalue weighted by molar-refractivity contribution is 5.76. The third-order valence-corrected chi connectivity index (χ3v) is 6.95. The number of amides is 1. The zero-order valence-electron chi connectivity index (χ0n) is 16.8. The average Bonchev–Trinajstić information content (AvgIpc) is 3.52. The second-order valence-electron chi connectivity index (χ2n) is 9.07. The molecule has 0 bridgehead atoms. The SMILES string of the molecule is CCN1C[C@H](c2ccccc2)CC2(CCN(CCC(=O)NC3CC3)CC2)C1. The molecule has 4 nitrogen and oxygen atoms in total. The monoisotopic (exact) mass is 369 g/mol. The molecule has 4 rings (SSSR count). The number of piperidine rings is 2. The number of hydrogen-bond donors (Lipinski definition) is 1. The van der Waals surface area contributed by atoms with Crippen molar-refractivity contribution in [2.24, 2.45) is 5.41 Å². The minimum absolute atomic E-state index is 0.247. The zero-order chi connectivity index (χ0) is 18.7. The van der Waals surface area contributed by atoms with E-state index in [2.05, 4.69) is 52.4 Å². The molecular formula is C23H35N3O. The maximum Gasteiger partial charge on any atom is 0.221 e. The topological polar surface area (TPSA) is 35.6 Å². The Labute approximate surface area is 164 Å². The van der Waals surface area contributed by atoms with E-state index < -0.39 is 0 Å². The Morgan fingerprint density at radius 2 is 1.89 bits per heavy atom. The summed E-state index contributed by atoms with van der Waals surface area (Å²) in [6.07, 6.45) is 6.89. The maximum atomic E-state index is 12.0. The predicted octanol–water partition coefficient (Wildman–Crippen LogP) is 3.25. The van der Waals surface area contributed by atoms with Crippen LogP contribution in [0.2, 0.25) is 0 Å². The molecule has 2 saturated heterocycles. The molecule has 3 aliphatic rings. The maximum absolute atomic E-state index is 12.0. The quantitative estimate of drug-likeness (QED) is 0.836. The van der Waals surface area contributed by atoms with Crippen molar-refractivity contribution in [1.29, 1.82) is 0 Å². The van der Waals surface area contributed by atoms with Gasteiger partial charge in [0, 0.05) is 32.1 Å². The first kappa shape index (κ1) is 18.9. The van der Waals surface area contributed by atoms with Crippen molar-refractivity contribution >= 4 is 5.91 Å². The minimum Gasteiger partial charge on any atom is -0.353 e. The number of nitrogens with one attached hydrogen (secondary N) is 1. The molecule has 1 spiro atoms. The van der Waals surface area contributed by atoms with E-state index in [1.807, 2.05) is 0 Å². The first-order chi connectivity index (χ1) is 13.2. The van der Waals surface area contributed by atoms with Gasteiger partial charge in [-0.25, -0.2) is 0 Å². The molecule has 1 aromatic carbocycles. The molecule has 4 heteroatoms. The van der Waals surface area contributed by atoms with Crippen LogP contribution in [0, 0.1) is 5.41 Å². The Bertz CT molecular complexity index is 620. The van der Waals surface area contributed by atoms with Gasteiger partial charge in [0.1, 0.15) is 0 Å². The number of hydrogen-bond acceptors (Lipinski definition) is 3. The molecule has 1 N–H and O–H groups in total. The van der Waals surface area contributed by atoms with Crippen molar-refractivity contribution in [2.45, 2.75) is 57.4 Å². The Morgan fingerprint density at radius 3 is 2.56 bits per heavy atom. The van der Waals surface area contributed by atoms with Gasteiger partial charge in [-0.15, -0.1) is 0 Å². The summed E-state index contributed by atoms with van der Waals surface area (Å²) in [6, 6.07) is 11.6. The van der Waals surface area contributed by atoms with Gasteiger partial charge in [0.15, 0.2) is 0 Å². The molecule has 148 valence electrons. The van der Waals surface area contributed by atoms with Crippen LogP contribution in [0.5, 0.6) is 0 Å². The Balaban J connectivity index is 1.32. The highest BCUT2D eigenvalue weighted by atomic mass is 16.1. The van der Waals surface area contributed by atoms with Gasteiger partial charge in [0.05, 0.1) is 0 Å². The lowest BCUT2D eigenvalue weighted by Crippen LogP contribution is -2.51. The predicted molar refractivity (Wildman–Crippen MR) is 110 cm³/mol. The fraction of sp³-hybridized carbons (Fsp3) is 0.696. The van der Waals surface area contributed by atoms with Gasteiger partial charge < -0.3 is 15.1 Å². The summed E-state index contributed by atoms with van der Waals surface area (Å²) in [7, 11) is 0. The molecule has 1 aromatic rings. The summed E-state index contributed by atoms with van der Waals surface area (Å²) in [5, 5.41) is 3.12. The highest BCUT2D eigenvalue weighted by Gasteiger charge is 2.41. The van der Waals surface area contributed by atoms with Gasteiger partial charge in [0.25, 0.3) is 0 Å². The van der Waals surface area contributed by atoms with Crippen LogP contribution in [0.15, 0.2) is 30.3 Å². The summed E-state index contributed by atoms with van der Waals surface area (Å²) in [4.78, 5) is 17.1. The smallest absolute Gasteiger partial charge is 0.221 e. The van der Waals surface area contributed by atoms with E-state index in [0.717, 1.165) is 26.2 Å². The van der Waals surface area contributed by atoms with Gasteiger partial charge in [0.2, 0.25) is 5.91 Å². The van der Waals surface area contributed by atoms with Crippen LogP contribution >= 0.6 is 0 Å². The molecule has 3 fully saturated rings. The number of likely N-dealkylation sites (tertiary alicyclic amines) is 2. The van der Waals surface area contributed by atoms with Gasteiger partial charge in [-0.1, -0.05) is 37.3 Å². The standard InChI is InChI=1S/C23H35N3O/c1-2-25-17-20(19-6-4-3-5-7-19)16-23(18-25)11-14-26(15-12-23)13-10-22(27)24-21-8-9-21/h3-7,20-21H,2,8-18H2,1H3,(H,24,27)/t20-/m1/s1. The summed E-state index contributed by atoms with van der Waals surface area (Å²) >= 11 is 0. The molecule has 1 saturated carbocycles. The minimum atomic E-state index is 0.247. The van der Waals surface area contributed by atoms with Crippen LogP contribution in [-0.4, -0.2) is 61.0 Å². The summed E-state index contributed by atoms with van der Waals surface area (Å²) in [6.45, 7) is 9.13. The first-order valence-corrected chi connectivity index (χ1v) is 10.9. The number of carbonyl (C=O) groups excluding carboxylic acids is 1. The number of likely N-dealkylation sites (N-methyl/N-ethyl adjacent to an activating group) is 1. The van der Waals surface area contributed by atoms with Gasteiger partial charge in [-0.05, 0) is 68.6 Å². The lowest BCUT2D eigenvalue weighted by atomic mass is 9.68. The number of carbonyl (C=O) groups is 1. The third kappa shape index (κ3) is 4.91. The zero-order valence-corrected chi connectivity index (χ0v) is 16.8. The fourth-order valence-electron chi connectivity index (χ4n) is 5.09. The van der Waals surface area contributed by atoms with E-state index in [9.17, 15) is 4.79 Å². The highest BCUT2D eigenvalue weighted by Crippen LogP contribution is 2.45. The van der Waals surface area contributed by atoms with E-state index in [1.54, 1.807) is 0 Å². The van der Waals surface area contributed by atoms with E-state index >= 15 is 0 Å². The summed E-state index contributed by atoms with van der Waals surface area (Å²) in [5.41, 5.74) is 1.97. The van der Waals surface area contributed by atoms with Crippen molar-refractivity contribution in [3.63, 3.8) is 0 Å². The Hall–Kier alpha value is -1.39. The van der Waals surface area contributed by atoms with E-state index in [4.69, 9.17) is 0 Å². The Kier molecular flexibility index (Phi) is 5.84. The normalized spacial score (nSPS) is 26.2. The van der Waals surface area contributed by atoms with Crippen molar-refractivity contribution in [3.05, 3.63) is 35.9 Å². The van der Waals surface area contributed by atoms with Crippen LogP contribution in [0.1, 0.15) is 56.9 Å². The summed E-state index contributed by atoms with van der Waals surface area (Å²) in [5.74, 6) is 0.910. The van der Waals surface area contributed by atoms with Crippen molar-refractivity contribution in [2.75, 3.05) is 39.3 Å². The van der Waals surface area contributed by atoms with E-state index in [1.165, 1.54) is 50.8 Å². The number of benzene rings is 1. The van der Waals surface area contributed by atoms with Crippen LogP contribution in [0.25, 0.3) is 0 Å². The van der Waals surface area contributed by atoms with Crippen LogP contribution in [0.4, 0.5) is 0 Å². The van der Waals surface area contributed by atoms with Crippen LogP contribution < -0.4 is 5.32 Å². The van der Waals surface area contributed by atoms with E-state index in [-0.39, 0.29) is 5.91 Å². The lowest BCUT2D eigenvalue weighted by molar-refractivity contribution is -0.121. The number of nitrogens with zero attached hydrogens (tertiary/aromatic N) is 2. The first-order valence-electron chi connectivity index (χ1n) is 10.9. The molecule has 0 radical (unpaired) electrons. The van der Waals surface area contributed by atoms with E-state index in [0.29, 0.717) is 23.8 Å². The number of rotatable bonds is 6. The van der Waals surface area contributed by atoms with Gasteiger partial charge in [-0.3, -0.25) is 4.79 Å². The lowest BCUT2D eigenvalue weighted by Gasteiger charge is -2.50. The average molecular weight is 370 g/mol. The van der Waals surface area contributed by atoms with Crippen molar-refractivity contribution in [1.82, 2.24) is 15.1 Å². The van der Waals surface area contributed by atoms with Crippen molar-refractivity contribution < 1.29 is 4.79 Å². The largest absolute Gasteiger partial charge is 0.353 e. The summed E-state index contributed by atoms with van der Waals surface area (Å²) < 4.78 is 0. The molecule has 0 aromatic heterocycles. The Morgan fingerprint density at radius 1 is 1.15 bits per heavy atom. The molecule has 1 atom stereocenters. The van der Waals surface area contributed by atoms with Gasteiger partial charge >= 0.3 is 0 Å². The van der Waals surface area contributed by atoms with Crippen molar-refractivity contribution in [3.8, 4) is 0 Å². The van der Waals surface area contributed by atoms with Crippen LogP contribution in [-0.2, 0) is 4.79 Å². The molecule has 1 aliphatic carbocycles. The second-order valence-corrected chi connectivity index (χ2v) is 9.07. The second kappa shape index (κ2) is 8.32. The molecule has 2 heterocycles. The molecule has 0 unspecified atom stereocenters.